The number of unbranched alkanes of at least 4 members (excludes halogenated alkanes) is 18. The van der Waals surface area contributed by atoms with Gasteiger partial charge in [0.05, 0.1) is 33.8 Å². The third-order valence-corrected chi connectivity index (χ3v) is 8.73. The van der Waals surface area contributed by atoms with Crippen LogP contribution >= 0.6 is 0 Å². The molecular formula is C30H63N2O5S+. The third-order valence-electron chi connectivity index (χ3n) is 7.59. The fourth-order valence-electron chi connectivity index (χ4n) is 5.08. The molecule has 8 heteroatoms. The first kappa shape index (κ1) is 37.3. The zero-order valence-electron chi connectivity index (χ0n) is 25.2. The van der Waals surface area contributed by atoms with Crippen LogP contribution in [0.3, 0.4) is 0 Å². The SMILES string of the molecule is CCCCCCCCCCCCCCCCCCCCCC(=O)NCCC[N+](C)(C)CC(CO)S(=O)(=O)O. The number of carbonyl (C=O) groups is 1. The van der Waals surface area contributed by atoms with E-state index in [0.29, 0.717) is 30.4 Å². The summed E-state index contributed by atoms with van der Waals surface area (Å²) >= 11 is 0. The van der Waals surface area contributed by atoms with Crippen LogP contribution in [0.2, 0.25) is 0 Å². The van der Waals surface area contributed by atoms with Crippen LogP contribution in [0.1, 0.15) is 142 Å². The molecule has 38 heavy (non-hydrogen) atoms. The Bertz CT molecular complexity index is 655. The van der Waals surface area contributed by atoms with Crippen molar-refractivity contribution in [3.63, 3.8) is 0 Å². The van der Waals surface area contributed by atoms with Gasteiger partial charge < -0.3 is 14.9 Å². The highest BCUT2D eigenvalue weighted by atomic mass is 32.2. The summed E-state index contributed by atoms with van der Waals surface area (Å²) < 4.78 is 32.1. The Kier molecular flexibility index (Phi) is 23.7. The Balaban J connectivity index is 3.46. The minimum absolute atomic E-state index is 0.0773. The van der Waals surface area contributed by atoms with Crippen LogP contribution < -0.4 is 5.32 Å². The predicted octanol–water partition coefficient (Wildman–Crippen LogP) is 6.64. The van der Waals surface area contributed by atoms with Crippen molar-refractivity contribution in [3.05, 3.63) is 0 Å². The monoisotopic (exact) mass is 563 g/mol. The number of rotatable bonds is 28. The molecule has 0 saturated carbocycles. The topological polar surface area (TPSA) is 104 Å². The maximum atomic E-state index is 12.0. The van der Waals surface area contributed by atoms with Crippen molar-refractivity contribution >= 4 is 16.0 Å². The van der Waals surface area contributed by atoms with Crippen molar-refractivity contribution in [1.29, 1.82) is 0 Å². The molecule has 0 radical (unpaired) electrons. The van der Waals surface area contributed by atoms with E-state index in [1.165, 1.54) is 109 Å². The standard InChI is InChI=1S/C30H62N2O5S/c1-4-5-6-7-8-9-10-11-12-13-14-15-16-17-18-19-20-21-22-24-30(34)31-25-23-26-32(2,3)27-29(28-33)38(35,36)37/h29,33H,4-28H2,1-3H3,(H-,31,34,35,36,37)/p+1. The molecule has 0 aliphatic heterocycles. The van der Waals surface area contributed by atoms with Crippen LogP contribution in [0.25, 0.3) is 0 Å². The molecule has 228 valence electrons. The molecule has 0 aliphatic carbocycles. The van der Waals surface area contributed by atoms with Crippen LogP contribution in [0, 0.1) is 0 Å². The fourth-order valence-corrected chi connectivity index (χ4v) is 5.86. The van der Waals surface area contributed by atoms with Gasteiger partial charge in [-0.1, -0.05) is 122 Å². The fraction of sp³-hybridized carbons (Fsp3) is 0.967. The number of aliphatic hydroxyl groups excluding tert-OH is 1. The molecule has 0 rings (SSSR count). The minimum atomic E-state index is -4.26. The molecular weight excluding hydrogens is 500 g/mol. The number of hydrogen-bond acceptors (Lipinski definition) is 4. The quantitative estimate of drug-likeness (QED) is 0.0562. The number of amides is 1. The maximum absolute atomic E-state index is 12.0. The summed E-state index contributed by atoms with van der Waals surface area (Å²) in [7, 11) is -0.548. The van der Waals surface area contributed by atoms with E-state index in [0.717, 1.165) is 12.8 Å². The van der Waals surface area contributed by atoms with Gasteiger partial charge in [-0.15, -0.1) is 0 Å². The second kappa shape index (κ2) is 24.1. The molecule has 3 N–H and O–H groups in total. The van der Waals surface area contributed by atoms with Gasteiger partial charge in [0, 0.05) is 19.4 Å². The lowest BCUT2D eigenvalue weighted by Crippen LogP contribution is -2.49. The van der Waals surface area contributed by atoms with Gasteiger partial charge in [-0.25, -0.2) is 0 Å². The Morgan fingerprint density at radius 2 is 1.11 bits per heavy atom. The summed E-state index contributed by atoms with van der Waals surface area (Å²) in [4.78, 5) is 12.0. The van der Waals surface area contributed by atoms with Gasteiger partial charge in [0.25, 0.3) is 10.1 Å². The highest BCUT2D eigenvalue weighted by molar-refractivity contribution is 7.86. The largest absolute Gasteiger partial charge is 0.395 e. The summed E-state index contributed by atoms with van der Waals surface area (Å²) in [5.41, 5.74) is 0. The van der Waals surface area contributed by atoms with Gasteiger partial charge in [-0.05, 0) is 6.42 Å². The normalized spacial score (nSPS) is 13.1. The smallest absolute Gasteiger partial charge is 0.275 e. The van der Waals surface area contributed by atoms with Gasteiger partial charge in [-0.3, -0.25) is 9.35 Å². The Morgan fingerprint density at radius 3 is 1.47 bits per heavy atom. The zero-order chi connectivity index (χ0) is 28.5. The predicted molar refractivity (Wildman–Crippen MR) is 160 cm³/mol. The summed E-state index contributed by atoms with van der Waals surface area (Å²) in [5, 5.41) is 11.0. The molecule has 0 aromatic carbocycles. The molecule has 0 aromatic heterocycles. The van der Waals surface area contributed by atoms with E-state index >= 15 is 0 Å². The lowest BCUT2D eigenvalue weighted by atomic mass is 10.0. The average Bonchev–Trinajstić information content (AvgIpc) is 2.86. The Labute approximate surface area is 235 Å². The van der Waals surface area contributed by atoms with E-state index in [1.807, 2.05) is 14.1 Å². The molecule has 0 aromatic rings. The van der Waals surface area contributed by atoms with E-state index in [4.69, 9.17) is 0 Å². The number of hydrogen-bond donors (Lipinski definition) is 3. The van der Waals surface area contributed by atoms with Crippen molar-refractivity contribution in [2.24, 2.45) is 0 Å². The summed E-state index contributed by atoms with van der Waals surface area (Å²) in [6.07, 6.45) is 26.7. The zero-order valence-corrected chi connectivity index (χ0v) is 26.0. The molecule has 1 unspecified atom stereocenters. The van der Waals surface area contributed by atoms with E-state index in [2.05, 4.69) is 12.2 Å². The third kappa shape index (κ3) is 24.3. The Hall–Kier alpha value is -0.700. The van der Waals surface area contributed by atoms with E-state index in [9.17, 15) is 22.9 Å². The lowest BCUT2D eigenvalue weighted by molar-refractivity contribution is -0.890. The van der Waals surface area contributed by atoms with Gasteiger partial charge in [-0.2, -0.15) is 8.42 Å². The summed E-state index contributed by atoms with van der Waals surface area (Å²) in [5.74, 6) is 0.0773. The van der Waals surface area contributed by atoms with E-state index in [-0.39, 0.29) is 12.5 Å². The molecule has 1 amide bonds. The van der Waals surface area contributed by atoms with Gasteiger partial charge >= 0.3 is 0 Å². The Morgan fingerprint density at radius 1 is 0.711 bits per heavy atom. The van der Waals surface area contributed by atoms with Crippen LogP contribution in [0.5, 0.6) is 0 Å². The van der Waals surface area contributed by atoms with Crippen molar-refractivity contribution in [2.45, 2.75) is 147 Å². The van der Waals surface area contributed by atoms with Gasteiger partial charge in [0.15, 0.2) is 5.25 Å². The van der Waals surface area contributed by atoms with Gasteiger partial charge in [0.1, 0.15) is 0 Å². The average molecular weight is 564 g/mol. The molecule has 0 aliphatic rings. The first-order chi connectivity index (χ1) is 18.1. The molecule has 0 heterocycles. The number of nitrogens with zero attached hydrogens (tertiary/aromatic N) is 1. The van der Waals surface area contributed by atoms with Crippen LogP contribution in [-0.2, 0) is 14.9 Å². The van der Waals surface area contributed by atoms with Crippen molar-refractivity contribution in [3.8, 4) is 0 Å². The number of nitrogens with one attached hydrogen (secondary N) is 1. The summed E-state index contributed by atoms with van der Waals surface area (Å²) in [6, 6.07) is 0. The molecule has 0 saturated heterocycles. The van der Waals surface area contributed by atoms with Crippen molar-refractivity contribution in [1.82, 2.24) is 5.32 Å². The van der Waals surface area contributed by atoms with E-state index in [1.54, 1.807) is 0 Å². The minimum Gasteiger partial charge on any atom is -0.395 e. The first-order valence-electron chi connectivity index (χ1n) is 15.8. The summed E-state index contributed by atoms with van der Waals surface area (Å²) in [6.45, 7) is 3.00. The van der Waals surface area contributed by atoms with Crippen LogP contribution in [0.4, 0.5) is 0 Å². The second-order valence-corrected chi connectivity index (χ2v) is 13.7. The van der Waals surface area contributed by atoms with Crippen molar-refractivity contribution in [2.75, 3.05) is 40.3 Å². The second-order valence-electron chi connectivity index (χ2n) is 12.0. The molecule has 7 nitrogen and oxygen atoms in total. The van der Waals surface area contributed by atoms with Crippen LogP contribution in [0.15, 0.2) is 0 Å². The molecule has 0 bridgehead atoms. The van der Waals surface area contributed by atoms with E-state index < -0.39 is 22.0 Å². The first-order valence-corrected chi connectivity index (χ1v) is 17.3. The molecule has 0 fully saturated rings. The van der Waals surface area contributed by atoms with Crippen molar-refractivity contribution < 1.29 is 27.4 Å². The molecule has 1 atom stereocenters. The number of carbonyl (C=O) groups excluding carboxylic acids is 1. The molecule has 0 spiro atoms. The highest BCUT2D eigenvalue weighted by Gasteiger charge is 2.30. The highest BCUT2D eigenvalue weighted by Crippen LogP contribution is 2.15. The maximum Gasteiger partial charge on any atom is 0.275 e. The van der Waals surface area contributed by atoms with Gasteiger partial charge in [0.2, 0.25) is 5.91 Å². The lowest BCUT2D eigenvalue weighted by Gasteiger charge is -2.32. The number of aliphatic hydroxyl groups is 1. The number of quaternary nitrogens is 1. The van der Waals surface area contributed by atoms with Crippen LogP contribution in [-0.4, -0.2) is 74.1 Å².